The summed E-state index contributed by atoms with van der Waals surface area (Å²) in [5.41, 5.74) is 0.199. The van der Waals surface area contributed by atoms with E-state index in [0.717, 1.165) is 26.2 Å². The smallest absolute Gasteiger partial charge is 0.0674 e. The second-order valence-corrected chi connectivity index (χ2v) is 6.62. The minimum absolute atomic E-state index is 0.199. The average Bonchev–Trinajstić information content (AvgIpc) is 2.15. The van der Waals surface area contributed by atoms with Crippen molar-refractivity contribution in [3.63, 3.8) is 0 Å². The van der Waals surface area contributed by atoms with Crippen LogP contribution in [0.15, 0.2) is 0 Å². The third-order valence-corrected chi connectivity index (χ3v) is 3.35. The SMILES string of the molecule is CC1CN(C(CNC(C)(C)C)C(C)C)CCO1. The molecule has 3 heteroatoms. The van der Waals surface area contributed by atoms with Gasteiger partial charge in [-0.3, -0.25) is 4.90 Å². The van der Waals surface area contributed by atoms with Gasteiger partial charge in [0.1, 0.15) is 0 Å². The molecule has 1 N–H and O–H groups in total. The third kappa shape index (κ3) is 5.36. The van der Waals surface area contributed by atoms with Gasteiger partial charge in [0.25, 0.3) is 0 Å². The van der Waals surface area contributed by atoms with Crippen molar-refractivity contribution in [3.05, 3.63) is 0 Å². The van der Waals surface area contributed by atoms with E-state index in [0.29, 0.717) is 18.1 Å². The molecule has 102 valence electrons. The van der Waals surface area contributed by atoms with E-state index in [-0.39, 0.29) is 5.54 Å². The first kappa shape index (κ1) is 14.9. The number of rotatable bonds is 4. The van der Waals surface area contributed by atoms with Crippen molar-refractivity contribution < 1.29 is 4.74 Å². The van der Waals surface area contributed by atoms with Gasteiger partial charge in [-0.25, -0.2) is 0 Å². The summed E-state index contributed by atoms with van der Waals surface area (Å²) >= 11 is 0. The Kier molecular flexibility index (Phi) is 5.42. The molecule has 3 nitrogen and oxygen atoms in total. The molecule has 2 atom stereocenters. The van der Waals surface area contributed by atoms with Gasteiger partial charge in [0.2, 0.25) is 0 Å². The minimum atomic E-state index is 0.199. The van der Waals surface area contributed by atoms with E-state index in [4.69, 9.17) is 4.74 Å². The second-order valence-electron chi connectivity index (χ2n) is 6.62. The van der Waals surface area contributed by atoms with Gasteiger partial charge in [-0.1, -0.05) is 13.8 Å². The zero-order valence-corrected chi connectivity index (χ0v) is 12.4. The van der Waals surface area contributed by atoms with Crippen LogP contribution in [0, 0.1) is 5.92 Å². The van der Waals surface area contributed by atoms with Crippen molar-refractivity contribution in [1.82, 2.24) is 10.2 Å². The van der Waals surface area contributed by atoms with E-state index in [1.54, 1.807) is 0 Å². The molecule has 17 heavy (non-hydrogen) atoms. The van der Waals surface area contributed by atoms with Gasteiger partial charge >= 0.3 is 0 Å². The number of hydrogen-bond donors (Lipinski definition) is 1. The van der Waals surface area contributed by atoms with Crippen LogP contribution in [0.25, 0.3) is 0 Å². The van der Waals surface area contributed by atoms with Crippen LogP contribution in [0.2, 0.25) is 0 Å². The zero-order chi connectivity index (χ0) is 13.1. The molecule has 0 saturated carbocycles. The Bertz CT molecular complexity index is 223. The quantitative estimate of drug-likeness (QED) is 0.817. The van der Waals surface area contributed by atoms with Crippen LogP contribution in [0.5, 0.6) is 0 Å². The lowest BCUT2D eigenvalue weighted by atomic mass is 9.99. The summed E-state index contributed by atoms with van der Waals surface area (Å²) in [6.45, 7) is 17.6. The van der Waals surface area contributed by atoms with Gasteiger partial charge in [0, 0.05) is 31.2 Å². The van der Waals surface area contributed by atoms with E-state index in [2.05, 4.69) is 51.8 Å². The molecular formula is C14H30N2O. The fourth-order valence-corrected chi connectivity index (χ4v) is 2.34. The number of nitrogens with one attached hydrogen (secondary N) is 1. The molecule has 0 aliphatic carbocycles. The van der Waals surface area contributed by atoms with Crippen molar-refractivity contribution in [2.24, 2.45) is 5.92 Å². The van der Waals surface area contributed by atoms with E-state index in [9.17, 15) is 0 Å². The zero-order valence-electron chi connectivity index (χ0n) is 12.4. The summed E-state index contributed by atoms with van der Waals surface area (Å²) in [5.74, 6) is 0.676. The van der Waals surface area contributed by atoms with Gasteiger partial charge in [0.05, 0.1) is 12.7 Å². The molecule has 1 saturated heterocycles. The Morgan fingerprint density at radius 3 is 2.47 bits per heavy atom. The molecule has 0 aromatic rings. The highest BCUT2D eigenvalue weighted by Gasteiger charge is 2.27. The van der Waals surface area contributed by atoms with Gasteiger partial charge in [-0.05, 0) is 33.6 Å². The molecule has 1 aliphatic heterocycles. The maximum atomic E-state index is 5.62. The lowest BCUT2D eigenvalue weighted by Gasteiger charge is -2.40. The molecule has 0 amide bonds. The predicted octanol–water partition coefficient (Wildman–Crippen LogP) is 2.12. The highest BCUT2D eigenvalue weighted by molar-refractivity contribution is 4.83. The number of ether oxygens (including phenoxy) is 1. The number of hydrogen-bond acceptors (Lipinski definition) is 3. The molecule has 1 aliphatic rings. The van der Waals surface area contributed by atoms with Gasteiger partial charge in [0.15, 0.2) is 0 Å². The van der Waals surface area contributed by atoms with Gasteiger partial charge in [-0.15, -0.1) is 0 Å². The number of morpholine rings is 1. The summed E-state index contributed by atoms with van der Waals surface area (Å²) in [4.78, 5) is 2.58. The molecule has 0 spiro atoms. The Morgan fingerprint density at radius 1 is 1.35 bits per heavy atom. The number of nitrogens with zero attached hydrogens (tertiary/aromatic N) is 1. The maximum absolute atomic E-state index is 5.62. The van der Waals surface area contributed by atoms with Crippen LogP contribution in [0.1, 0.15) is 41.5 Å². The Labute approximate surface area is 107 Å². The standard InChI is InChI=1S/C14H30N2O/c1-11(2)13(9-15-14(4,5)6)16-7-8-17-12(3)10-16/h11-13,15H,7-10H2,1-6H3. The average molecular weight is 242 g/mol. The highest BCUT2D eigenvalue weighted by Crippen LogP contribution is 2.15. The molecule has 0 bridgehead atoms. The molecule has 2 unspecified atom stereocenters. The Morgan fingerprint density at radius 2 is 2.00 bits per heavy atom. The predicted molar refractivity (Wildman–Crippen MR) is 73.4 cm³/mol. The summed E-state index contributed by atoms with van der Waals surface area (Å²) in [5, 5.41) is 3.63. The third-order valence-electron chi connectivity index (χ3n) is 3.35. The van der Waals surface area contributed by atoms with Crippen molar-refractivity contribution >= 4 is 0 Å². The normalized spacial score (nSPS) is 25.2. The molecule has 1 heterocycles. The first-order valence-corrected chi connectivity index (χ1v) is 6.90. The van der Waals surface area contributed by atoms with E-state index < -0.39 is 0 Å². The highest BCUT2D eigenvalue weighted by atomic mass is 16.5. The monoisotopic (exact) mass is 242 g/mol. The van der Waals surface area contributed by atoms with E-state index in [1.165, 1.54) is 0 Å². The molecule has 0 aromatic heterocycles. The van der Waals surface area contributed by atoms with Crippen molar-refractivity contribution in [2.45, 2.75) is 59.2 Å². The van der Waals surface area contributed by atoms with Crippen molar-refractivity contribution in [3.8, 4) is 0 Å². The molecular weight excluding hydrogens is 212 g/mol. The van der Waals surface area contributed by atoms with Crippen molar-refractivity contribution in [2.75, 3.05) is 26.2 Å². The van der Waals surface area contributed by atoms with Gasteiger partial charge in [-0.2, -0.15) is 0 Å². The van der Waals surface area contributed by atoms with Crippen LogP contribution >= 0.6 is 0 Å². The molecule has 0 aromatic carbocycles. The van der Waals surface area contributed by atoms with Crippen LogP contribution in [0.4, 0.5) is 0 Å². The molecule has 0 radical (unpaired) electrons. The van der Waals surface area contributed by atoms with Crippen LogP contribution in [-0.4, -0.2) is 48.8 Å². The fourth-order valence-electron chi connectivity index (χ4n) is 2.34. The van der Waals surface area contributed by atoms with E-state index in [1.807, 2.05) is 0 Å². The first-order valence-electron chi connectivity index (χ1n) is 6.90. The largest absolute Gasteiger partial charge is 0.376 e. The van der Waals surface area contributed by atoms with E-state index >= 15 is 0 Å². The van der Waals surface area contributed by atoms with Crippen molar-refractivity contribution in [1.29, 1.82) is 0 Å². The minimum Gasteiger partial charge on any atom is -0.376 e. The topological polar surface area (TPSA) is 24.5 Å². The summed E-state index contributed by atoms with van der Waals surface area (Å²) in [6.07, 6.45) is 0.375. The summed E-state index contributed by atoms with van der Waals surface area (Å²) < 4.78 is 5.62. The fraction of sp³-hybridized carbons (Fsp3) is 1.00. The Balaban J connectivity index is 2.53. The Hall–Kier alpha value is -0.120. The summed E-state index contributed by atoms with van der Waals surface area (Å²) in [7, 11) is 0. The summed E-state index contributed by atoms with van der Waals surface area (Å²) in [6, 6.07) is 0.612. The maximum Gasteiger partial charge on any atom is 0.0674 e. The lowest BCUT2D eigenvalue weighted by Crippen LogP contribution is -2.54. The van der Waals surface area contributed by atoms with Crippen LogP contribution in [-0.2, 0) is 4.74 Å². The second kappa shape index (κ2) is 6.17. The molecule has 1 fully saturated rings. The molecule has 1 rings (SSSR count). The first-order chi connectivity index (χ1) is 7.79. The van der Waals surface area contributed by atoms with Crippen LogP contribution in [0.3, 0.4) is 0 Å². The van der Waals surface area contributed by atoms with Gasteiger partial charge < -0.3 is 10.1 Å². The lowest BCUT2D eigenvalue weighted by molar-refractivity contribution is -0.0414. The van der Waals surface area contributed by atoms with Crippen LogP contribution < -0.4 is 5.32 Å².